The molecule has 0 saturated heterocycles. The van der Waals surface area contributed by atoms with Crippen molar-refractivity contribution in [2.75, 3.05) is 0 Å². The van der Waals surface area contributed by atoms with Crippen molar-refractivity contribution in [2.24, 2.45) is 5.84 Å². The Morgan fingerprint density at radius 2 is 1.74 bits per heavy atom. The molecule has 0 radical (unpaired) electrons. The summed E-state index contributed by atoms with van der Waals surface area (Å²) in [5, 5.41) is 11.1. The van der Waals surface area contributed by atoms with Crippen molar-refractivity contribution >= 4 is 45.0 Å². The van der Waals surface area contributed by atoms with Gasteiger partial charge < -0.3 is 0 Å². The Labute approximate surface area is 143 Å². The van der Waals surface area contributed by atoms with Gasteiger partial charge in [0.25, 0.3) is 17.5 Å². The molecular weight excluding hydrogens is 390 g/mol. The molecule has 0 bridgehead atoms. The zero-order valence-electron chi connectivity index (χ0n) is 11.4. The summed E-state index contributed by atoms with van der Waals surface area (Å²) in [6.45, 7) is 0. The van der Waals surface area contributed by atoms with Crippen LogP contribution in [0.15, 0.2) is 46.9 Å². The molecule has 0 fully saturated rings. The van der Waals surface area contributed by atoms with E-state index >= 15 is 0 Å². The molecule has 0 aliphatic heterocycles. The van der Waals surface area contributed by atoms with E-state index in [4.69, 9.17) is 17.4 Å². The maximum Gasteiger partial charge on any atom is 0.288 e. The molecule has 2 N–H and O–H groups in total. The van der Waals surface area contributed by atoms with Gasteiger partial charge in [-0.3, -0.25) is 19.7 Å². The summed E-state index contributed by atoms with van der Waals surface area (Å²) in [6.07, 6.45) is 0. The average Bonchev–Trinajstić information content (AvgIpc) is 2.53. The van der Waals surface area contributed by atoms with Gasteiger partial charge in [-0.2, -0.15) is 0 Å². The summed E-state index contributed by atoms with van der Waals surface area (Å²) in [5.74, 6) is 3.93. The van der Waals surface area contributed by atoms with Crippen molar-refractivity contribution in [2.45, 2.75) is 0 Å². The van der Waals surface area contributed by atoms with Gasteiger partial charge in [-0.15, -0.1) is 0 Å². The largest absolute Gasteiger partial charge is 0.288 e. The van der Waals surface area contributed by atoms with Crippen LogP contribution in [0.3, 0.4) is 0 Å². The zero-order chi connectivity index (χ0) is 17.1. The lowest BCUT2D eigenvalue weighted by Crippen LogP contribution is -2.42. The highest BCUT2D eigenvalue weighted by Crippen LogP contribution is 2.25. The van der Waals surface area contributed by atoms with Gasteiger partial charge in [0.05, 0.1) is 4.92 Å². The number of nitro benzene ring substituents is 1. The van der Waals surface area contributed by atoms with Crippen LogP contribution in [-0.4, -0.2) is 21.7 Å². The fraction of sp³-hybridized carbons (Fsp3) is 0. The first-order valence-corrected chi connectivity index (χ1v) is 7.31. The number of amides is 2. The standard InChI is InChI=1S/C14H9BrClN3O4/c15-10-3-1-2-8(6-10)13(20)18(17)14(21)9-4-5-11(16)12(7-9)19(22)23/h1-7H,17H2. The molecule has 0 aromatic heterocycles. The fourth-order valence-electron chi connectivity index (χ4n) is 1.78. The van der Waals surface area contributed by atoms with Gasteiger partial charge in [0.15, 0.2) is 0 Å². The van der Waals surface area contributed by atoms with E-state index in [1.54, 1.807) is 12.1 Å². The first kappa shape index (κ1) is 17.1. The molecule has 2 aromatic carbocycles. The van der Waals surface area contributed by atoms with Crippen LogP contribution in [0.2, 0.25) is 5.02 Å². The lowest BCUT2D eigenvalue weighted by atomic mass is 10.1. The predicted molar refractivity (Wildman–Crippen MR) is 86.9 cm³/mol. The molecule has 7 nitrogen and oxygen atoms in total. The number of carbonyl (C=O) groups excluding carboxylic acids is 2. The van der Waals surface area contributed by atoms with Gasteiger partial charge in [-0.05, 0) is 30.3 Å². The Morgan fingerprint density at radius 1 is 1.13 bits per heavy atom. The number of nitrogens with two attached hydrogens (primary N) is 1. The molecule has 118 valence electrons. The molecule has 0 heterocycles. The number of nitrogens with zero attached hydrogens (tertiary/aromatic N) is 2. The second kappa shape index (κ2) is 6.86. The molecule has 0 aliphatic rings. The summed E-state index contributed by atoms with van der Waals surface area (Å²) in [4.78, 5) is 34.6. The highest BCUT2D eigenvalue weighted by atomic mass is 79.9. The lowest BCUT2D eigenvalue weighted by Gasteiger charge is -2.15. The monoisotopic (exact) mass is 397 g/mol. The fourth-order valence-corrected chi connectivity index (χ4v) is 2.36. The van der Waals surface area contributed by atoms with Crippen LogP contribution in [0, 0.1) is 10.1 Å². The smallest absolute Gasteiger partial charge is 0.267 e. The number of nitro groups is 1. The van der Waals surface area contributed by atoms with Crippen LogP contribution < -0.4 is 5.84 Å². The molecule has 23 heavy (non-hydrogen) atoms. The number of halogens is 2. The van der Waals surface area contributed by atoms with Crippen LogP contribution in [0.25, 0.3) is 0 Å². The van der Waals surface area contributed by atoms with Crippen molar-refractivity contribution < 1.29 is 14.5 Å². The average molecular weight is 399 g/mol. The topological polar surface area (TPSA) is 107 Å². The molecule has 0 spiro atoms. The Kier molecular flexibility index (Phi) is 5.09. The number of hydrazine groups is 1. The van der Waals surface area contributed by atoms with Crippen LogP contribution >= 0.6 is 27.5 Å². The summed E-state index contributed by atoms with van der Waals surface area (Å²) in [6, 6.07) is 9.74. The molecule has 0 saturated carbocycles. The normalized spacial score (nSPS) is 10.2. The Hall–Kier alpha value is -2.29. The third-order valence-corrected chi connectivity index (χ3v) is 3.71. The van der Waals surface area contributed by atoms with Gasteiger partial charge in [-0.25, -0.2) is 10.9 Å². The van der Waals surface area contributed by atoms with Gasteiger partial charge in [-0.1, -0.05) is 33.6 Å². The number of benzene rings is 2. The summed E-state index contributed by atoms with van der Waals surface area (Å²) < 4.78 is 0.645. The van der Waals surface area contributed by atoms with E-state index in [-0.39, 0.29) is 16.1 Å². The second-order valence-corrected chi connectivity index (χ2v) is 5.74. The Morgan fingerprint density at radius 3 is 2.30 bits per heavy atom. The molecular formula is C14H9BrClN3O4. The molecule has 2 amide bonds. The molecule has 0 unspecified atom stereocenters. The van der Waals surface area contributed by atoms with Crippen molar-refractivity contribution in [3.63, 3.8) is 0 Å². The van der Waals surface area contributed by atoms with E-state index in [1.807, 2.05) is 0 Å². The number of hydrogen-bond donors (Lipinski definition) is 1. The van der Waals surface area contributed by atoms with Crippen LogP contribution in [-0.2, 0) is 0 Å². The van der Waals surface area contributed by atoms with E-state index in [0.717, 1.165) is 6.07 Å². The molecule has 2 rings (SSSR count). The van der Waals surface area contributed by atoms with Crippen LogP contribution in [0.1, 0.15) is 20.7 Å². The third-order valence-electron chi connectivity index (χ3n) is 2.90. The SMILES string of the molecule is NN(C(=O)c1cccc(Br)c1)C(=O)c1ccc(Cl)c([N+](=O)[O-])c1. The molecule has 0 atom stereocenters. The lowest BCUT2D eigenvalue weighted by molar-refractivity contribution is -0.384. The number of imide groups is 1. The number of carbonyl (C=O) groups is 2. The minimum Gasteiger partial charge on any atom is -0.267 e. The van der Waals surface area contributed by atoms with E-state index in [2.05, 4.69) is 15.9 Å². The predicted octanol–water partition coefficient (Wildman–Crippen LogP) is 3.17. The molecule has 0 aliphatic carbocycles. The zero-order valence-corrected chi connectivity index (χ0v) is 13.7. The number of rotatable bonds is 3. The first-order valence-electron chi connectivity index (χ1n) is 6.14. The van der Waals surface area contributed by atoms with Gasteiger partial charge >= 0.3 is 0 Å². The third kappa shape index (κ3) is 3.73. The van der Waals surface area contributed by atoms with E-state index in [1.165, 1.54) is 24.3 Å². The summed E-state index contributed by atoms with van der Waals surface area (Å²) in [7, 11) is 0. The van der Waals surface area contributed by atoms with Crippen LogP contribution in [0.5, 0.6) is 0 Å². The van der Waals surface area contributed by atoms with Crippen molar-refractivity contribution in [1.82, 2.24) is 5.01 Å². The first-order chi connectivity index (χ1) is 10.8. The summed E-state index contributed by atoms with van der Waals surface area (Å²) >= 11 is 8.89. The van der Waals surface area contributed by atoms with Crippen LogP contribution in [0.4, 0.5) is 5.69 Å². The van der Waals surface area contributed by atoms with Gasteiger partial charge in [0.1, 0.15) is 5.02 Å². The van der Waals surface area contributed by atoms with E-state index in [9.17, 15) is 19.7 Å². The van der Waals surface area contributed by atoms with E-state index < -0.39 is 22.4 Å². The minimum absolute atomic E-state index is 0.117. The summed E-state index contributed by atoms with van der Waals surface area (Å²) in [5.41, 5.74) is -0.369. The quantitative estimate of drug-likeness (QED) is 0.281. The Balaban J connectivity index is 2.31. The second-order valence-electron chi connectivity index (χ2n) is 4.41. The number of hydrogen-bond acceptors (Lipinski definition) is 5. The maximum atomic E-state index is 12.2. The maximum absolute atomic E-state index is 12.2. The van der Waals surface area contributed by atoms with Crippen molar-refractivity contribution in [1.29, 1.82) is 0 Å². The Bertz CT molecular complexity index is 812. The highest BCUT2D eigenvalue weighted by molar-refractivity contribution is 9.10. The van der Waals surface area contributed by atoms with Gasteiger partial charge in [0.2, 0.25) is 0 Å². The van der Waals surface area contributed by atoms with Crippen molar-refractivity contribution in [3.8, 4) is 0 Å². The van der Waals surface area contributed by atoms with Gasteiger partial charge in [0, 0.05) is 21.7 Å². The van der Waals surface area contributed by atoms with E-state index in [0.29, 0.717) is 9.48 Å². The van der Waals surface area contributed by atoms with Crippen molar-refractivity contribution in [3.05, 3.63) is 73.2 Å². The highest BCUT2D eigenvalue weighted by Gasteiger charge is 2.24. The molecule has 9 heteroatoms. The molecule has 2 aromatic rings. The minimum atomic E-state index is -0.880.